The Kier molecular flexibility index (Phi) is 3.69. The van der Waals surface area contributed by atoms with Gasteiger partial charge in [-0.3, -0.25) is 9.59 Å². The molecule has 0 aromatic heterocycles. The van der Waals surface area contributed by atoms with Crippen molar-refractivity contribution in [3.63, 3.8) is 0 Å². The van der Waals surface area contributed by atoms with E-state index in [2.05, 4.69) is 5.32 Å². The second-order valence-corrected chi connectivity index (χ2v) is 2.27. The number of nitrogens with one attached hydrogen (secondary N) is 1. The molecule has 0 unspecified atom stereocenters. The monoisotopic (exact) mass is 143 g/mol. The summed E-state index contributed by atoms with van der Waals surface area (Å²) in [7, 11) is 0. The largest absolute Gasteiger partial charge is 0.347 e. The SMILES string of the molecule is CC[C@@H](NC(C)=O)C(C)=O. The number of carbonyl (C=O) groups is 2. The molecule has 0 spiro atoms. The molecule has 0 saturated heterocycles. The van der Waals surface area contributed by atoms with Crippen molar-refractivity contribution in [2.45, 2.75) is 33.2 Å². The van der Waals surface area contributed by atoms with Crippen LogP contribution in [0, 0.1) is 0 Å². The number of amides is 1. The first kappa shape index (κ1) is 9.14. The lowest BCUT2D eigenvalue weighted by Gasteiger charge is -2.10. The summed E-state index contributed by atoms with van der Waals surface area (Å²) < 4.78 is 0. The van der Waals surface area contributed by atoms with Gasteiger partial charge in [0.15, 0.2) is 5.78 Å². The molecule has 1 amide bonds. The molecular formula is C7H13NO2. The van der Waals surface area contributed by atoms with Gasteiger partial charge in [0, 0.05) is 6.92 Å². The smallest absolute Gasteiger partial charge is 0.217 e. The van der Waals surface area contributed by atoms with E-state index in [1.54, 1.807) is 0 Å². The van der Waals surface area contributed by atoms with Crippen molar-refractivity contribution in [1.29, 1.82) is 0 Å². The van der Waals surface area contributed by atoms with Crippen LogP contribution in [0.15, 0.2) is 0 Å². The van der Waals surface area contributed by atoms with Crippen molar-refractivity contribution in [2.75, 3.05) is 0 Å². The number of Topliss-reactive ketones (excluding diaryl/α,β-unsaturated/α-hetero) is 1. The molecule has 0 bridgehead atoms. The number of hydrogen-bond acceptors (Lipinski definition) is 2. The highest BCUT2D eigenvalue weighted by Gasteiger charge is 2.10. The third kappa shape index (κ3) is 3.22. The van der Waals surface area contributed by atoms with Crippen LogP contribution >= 0.6 is 0 Å². The van der Waals surface area contributed by atoms with E-state index in [0.717, 1.165) is 0 Å². The molecule has 0 rings (SSSR count). The van der Waals surface area contributed by atoms with Crippen LogP contribution in [0.5, 0.6) is 0 Å². The maximum absolute atomic E-state index is 10.7. The van der Waals surface area contributed by atoms with Gasteiger partial charge >= 0.3 is 0 Å². The Balaban J connectivity index is 3.83. The summed E-state index contributed by atoms with van der Waals surface area (Å²) in [5.41, 5.74) is 0. The van der Waals surface area contributed by atoms with Crippen LogP contribution in [0.25, 0.3) is 0 Å². The Hall–Kier alpha value is -0.860. The Labute approximate surface area is 60.8 Å². The van der Waals surface area contributed by atoms with Crippen LogP contribution in [0.1, 0.15) is 27.2 Å². The maximum atomic E-state index is 10.7. The predicted molar refractivity (Wildman–Crippen MR) is 38.6 cm³/mol. The van der Waals surface area contributed by atoms with Crippen molar-refractivity contribution in [3.05, 3.63) is 0 Å². The molecule has 10 heavy (non-hydrogen) atoms. The first-order valence-electron chi connectivity index (χ1n) is 3.35. The van der Waals surface area contributed by atoms with E-state index >= 15 is 0 Å². The van der Waals surface area contributed by atoms with Gasteiger partial charge in [0.2, 0.25) is 5.91 Å². The minimum atomic E-state index is -0.294. The van der Waals surface area contributed by atoms with Crippen molar-refractivity contribution in [1.82, 2.24) is 5.32 Å². The lowest BCUT2D eigenvalue weighted by molar-refractivity contribution is -0.125. The maximum Gasteiger partial charge on any atom is 0.217 e. The quantitative estimate of drug-likeness (QED) is 0.625. The third-order valence-corrected chi connectivity index (χ3v) is 1.28. The first-order valence-corrected chi connectivity index (χ1v) is 3.35. The fraction of sp³-hybridized carbons (Fsp3) is 0.714. The molecule has 0 heterocycles. The molecule has 0 aliphatic rings. The zero-order valence-corrected chi connectivity index (χ0v) is 6.60. The summed E-state index contributed by atoms with van der Waals surface area (Å²) in [5.74, 6) is -0.139. The van der Waals surface area contributed by atoms with E-state index in [0.29, 0.717) is 6.42 Å². The van der Waals surface area contributed by atoms with Crippen LogP contribution in [0.4, 0.5) is 0 Å². The summed E-state index contributed by atoms with van der Waals surface area (Å²) >= 11 is 0. The highest BCUT2D eigenvalue weighted by atomic mass is 16.2. The Morgan fingerprint density at radius 1 is 1.40 bits per heavy atom. The van der Waals surface area contributed by atoms with Crippen LogP contribution in [0.3, 0.4) is 0 Å². The fourth-order valence-corrected chi connectivity index (χ4v) is 0.737. The molecule has 0 aliphatic heterocycles. The molecular weight excluding hydrogens is 130 g/mol. The van der Waals surface area contributed by atoms with Crippen LogP contribution in [-0.2, 0) is 9.59 Å². The van der Waals surface area contributed by atoms with Crippen LogP contribution < -0.4 is 5.32 Å². The lowest BCUT2D eigenvalue weighted by Crippen LogP contribution is -2.37. The standard InChI is InChI=1S/C7H13NO2/c1-4-7(5(2)9)8-6(3)10/h7H,4H2,1-3H3,(H,8,10)/t7-/m1/s1. The second-order valence-electron chi connectivity index (χ2n) is 2.27. The van der Waals surface area contributed by atoms with Gasteiger partial charge in [-0.1, -0.05) is 6.92 Å². The fourth-order valence-electron chi connectivity index (χ4n) is 0.737. The molecule has 3 nitrogen and oxygen atoms in total. The van der Waals surface area contributed by atoms with E-state index < -0.39 is 0 Å². The van der Waals surface area contributed by atoms with Crippen molar-refractivity contribution in [3.8, 4) is 0 Å². The summed E-state index contributed by atoms with van der Waals surface area (Å²) in [6.45, 7) is 4.75. The summed E-state index contributed by atoms with van der Waals surface area (Å²) in [5, 5.41) is 2.54. The Morgan fingerprint density at radius 3 is 2.00 bits per heavy atom. The van der Waals surface area contributed by atoms with E-state index in [9.17, 15) is 9.59 Å². The average Bonchev–Trinajstić information content (AvgIpc) is 1.81. The Bertz CT molecular complexity index is 143. The summed E-state index contributed by atoms with van der Waals surface area (Å²) in [6.07, 6.45) is 0.662. The van der Waals surface area contributed by atoms with Gasteiger partial charge in [0.05, 0.1) is 6.04 Å². The van der Waals surface area contributed by atoms with E-state index in [-0.39, 0.29) is 17.7 Å². The molecule has 0 radical (unpaired) electrons. The summed E-state index contributed by atoms with van der Waals surface area (Å²) in [4.78, 5) is 21.1. The molecule has 0 aromatic carbocycles. The first-order chi connectivity index (χ1) is 4.57. The zero-order chi connectivity index (χ0) is 8.15. The zero-order valence-electron chi connectivity index (χ0n) is 6.60. The van der Waals surface area contributed by atoms with Gasteiger partial charge in [-0.25, -0.2) is 0 Å². The topological polar surface area (TPSA) is 46.2 Å². The van der Waals surface area contributed by atoms with Gasteiger partial charge in [0.25, 0.3) is 0 Å². The minimum Gasteiger partial charge on any atom is -0.347 e. The van der Waals surface area contributed by atoms with E-state index in [1.807, 2.05) is 6.92 Å². The number of carbonyl (C=O) groups excluding carboxylic acids is 2. The number of rotatable bonds is 3. The molecule has 0 aromatic rings. The van der Waals surface area contributed by atoms with E-state index in [1.165, 1.54) is 13.8 Å². The molecule has 3 heteroatoms. The van der Waals surface area contributed by atoms with Gasteiger partial charge in [-0.05, 0) is 13.3 Å². The third-order valence-electron chi connectivity index (χ3n) is 1.28. The van der Waals surface area contributed by atoms with Crippen molar-refractivity contribution < 1.29 is 9.59 Å². The van der Waals surface area contributed by atoms with Crippen LogP contribution in [-0.4, -0.2) is 17.7 Å². The van der Waals surface area contributed by atoms with Gasteiger partial charge in [-0.15, -0.1) is 0 Å². The highest BCUT2D eigenvalue weighted by Crippen LogP contribution is 1.91. The van der Waals surface area contributed by atoms with Crippen molar-refractivity contribution in [2.24, 2.45) is 0 Å². The van der Waals surface area contributed by atoms with Gasteiger partial charge in [0.1, 0.15) is 0 Å². The lowest BCUT2D eigenvalue weighted by atomic mass is 10.1. The van der Waals surface area contributed by atoms with Crippen molar-refractivity contribution >= 4 is 11.7 Å². The molecule has 0 saturated carbocycles. The number of hydrogen-bond donors (Lipinski definition) is 1. The second kappa shape index (κ2) is 4.04. The van der Waals surface area contributed by atoms with E-state index in [4.69, 9.17) is 0 Å². The average molecular weight is 143 g/mol. The molecule has 1 atom stereocenters. The molecule has 0 aliphatic carbocycles. The minimum absolute atomic E-state index is 0.0118. The molecule has 1 N–H and O–H groups in total. The van der Waals surface area contributed by atoms with Gasteiger partial charge < -0.3 is 5.32 Å². The van der Waals surface area contributed by atoms with Gasteiger partial charge in [-0.2, -0.15) is 0 Å². The Morgan fingerprint density at radius 2 is 1.90 bits per heavy atom. The normalized spacial score (nSPS) is 12.3. The molecule has 0 fully saturated rings. The predicted octanol–water partition coefficient (Wildman–Crippen LogP) is 0.490. The van der Waals surface area contributed by atoms with Crippen LogP contribution in [0.2, 0.25) is 0 Å². The summed E-state index contributed by atoms with van der Waals surface area (Å²) in [6, 6.07) is -0.294. The molecule has 58 valence electrons. The number of ketones is 1. The highest BCUT2D eigenvalue weighted by molar-refractivity contribution is 5.86.